The van der Waals surface area contributed by atoms with Crippen LogP contribution in [-0.2, 0) is 0 Å². The summed E-state index contributed by atoms with van der Waals surface area (Å²) < 4.78 is 29.5. The van der Waals surface area contributed by atoms with Gasteiger partial charge in [-0.15, -0.1) is 0 Å². The lowest BCUT2D eigenvalue weighted by molar-refractivity contribution is 0.128. The maximum absolute atomic E-state index is 12.2. The van der Waals surface area contributed by atoms with Crippen LogP contribution in [0.5, 0.6) is 11.5 Å². The number of halogens is 2. The predicted molar refractivity (Wildman–Crippen MR) is 56.8 cm³/mol. The number of benzene rings is 1. The van der Waals surface area contributed by atoms with Crippen molar-refractivity contribution in [2.24, 2.45) is 5.73 Å². The Balaban J connectivity index is 2.91. The minimum absolute atomic E-state index is 0.155. The van der Waals surface area contributed by atoms with E-state index in [-0.39, 0.29) is 17.1 Å². The van der Waals surface area contributed by atoms with Crippen LogP contribution in [0.25, 0.3) is 0 Å². The predicted octanol–water partition coefficient (Wildman–Crippen LogP) is 2.45. The van der Waals surface area contributed by atoms with Gasteiger partial charge in [0.25, 0.3) is 0 Å². The second kappa shape index (κ2) is 5.65. The van der Waals surface area contributed by atoms with Crippen LogP contribution in [0, 0.1) is 0 Å². The van der Waals surface area contributed by atoms with Crippen LogP contribution >= 0.6 is 0 Å². The van der Waals surface area contributed by atoms with Crippen molar-refractivity contribution in [3.05, 3.63) is 23.8 Å². The smallest absolute Gasteiger partial charge is 0.240 e. The van der Waals surface area contributed by atoms with E-state index in [2.05, 4.69) is 0 Å². The SMILES string of the molecule is CCOc1cccc([C@H](N)CC(F)F)c1O. The average molecular weight is 231 g/mol. The topological polar surface area (TPSA) is 55.5 Å². The van der Waals surface area contributed by atoms with Gasteiger partial charge in [0.1, 0.15) is 0 Å². The van der Waals surface area contributed by atoms with E-state index in [0.717, 1.165) is 0 Å². The van der Waals surface area contributed by atoms with E-state index in [0.29, 0.717) is 6.61 Å². The van der Waals surface area contributed by atoms with Crippen molar-refractivity contribution < 1.29 is 18.6 Å². The fourth-order valence-electron chi connectivity index (χ4n) is 1.43. The zero-order valence-corrected chi connectivity index (χ0v) is 8.99. The second-order valence-electron chi connectivity index (χ2n) is 3.36. The first-order valence-corrected chi connectivity index (χ1v) is 5.04. The van der Waals surface area contributed by atoms with Crippen LogP contribution in [-0.4, -0.2) is 18.1 Å². The average Bonchev–Trinajstić information content (AvgIpc) is 2.20. The van der Waals surface area contributed by atoms with E-state index >= 15 is 0 Å². The normalized spacial score (nSPS) is 12.8. The summed E-state index contributed by atoms with van der Waals surface area (Å²) in [6.45, 7) is 2.16. The monoisotopic (exact) mass is 231 g/mol. The fraction of sp³-hybridized carbons (Fsp3) is 0.455. The van der Waals surface area contributed by atoms with Crippen molar-refractivity contribution in [1.82, 2.24) is 0 Å². The molecule has 0 fully saturated rings. The van der Waals surface area contributed by atoms with Gasteiger partial charge in [-0.3, -0.25) is 0 Å². The molecule has 1 rings (SSSR count). The minimum Gasteiger partial charge on any atom is -0.504 e. The molecule has 1 aromatic rings. The summed E-state index contributed by atoms with van der Waals surface area (Å²) in [4.78, 5) is 0. The van der Waals surface area contributed by atoms with Crippen LogP contribution in [0.2, 0.25) is 0 Å². The van der Waals surface area contributed by atoms with Gasteiger partial charge in [0, 0.05) is 18.0 Å². The van der Waals surface area contributed by atoms with Crippen molar-refractivity contribution in [2.75, 3.05) is 6.61 Å². The molecule has 16 heavy (non-hydrogen) atoms. The molecule has 0 bridgehead atoms. The lowest BCUT2D eigenvalue weighted by Crippen LogP contribution is -2.14. The number of para-hydroxylation sites is 1. The highest BCUT2D eigenvalue weighted by Gasteiger charge is 2.18. The van der Waals surface area contributed by atoms with E-state index in [1.807, 2.05) is 0 Å². The first kappa shape index (κ1) is 12.7. The molecule has 0 aromatic heterocycles. The Bertz CT molecular complexity index is 345. The quantitative estimate of drug-likeness (QED) is 0.818. The molecular formula is C11H15F2NO2. The molecule has 90 valence electrons. The van der Waals surface area contributed by atoms with Gasteiger partial charge in [0.05, 0.1) is 6.61 Å². The van der Waals surface area contributed by atoms with Crippen LogP contribution < -0.4 is 10.5 Å². The third kappa shape index (κ3) is 3.06. The van der Waals surface area contributed by atoms with Crippen LogP contribution in [0.1, 0.15) is 24.9 Å². The Morgan fingerprint density at radius 2 is 2.12 bits per heavy atom. The van der Waals surface area contributed by atoms with E-state index in [9.17, 15) is 13.9 Å². The largest absolute Gasteiger partial charge is 0.504 e. The van der Waals surface area contributed by atoms with Crippen LogP contribution in [0.4, 0.5) is 8.78 Å². The van der Waals surface area contributed by atoms with Crippen molar-refractivity contribution in [3.63, 3.8) is 0 Å². The Morgan fingerprint density at radius 1 is 1.44 bits per heavy atom. The summed E-state index contributed by atoms with van der Waals surface area (Å²) >= 11 is 0. The van der Waals surface area contributed by atoms with E-state index in [1.54, 1.807) is 19.1 Å². The number of aromatic hydroxyl groups is 1. The molecule has 0 aliphatic carbocycles. The van der Waals surface area contributed by atoms with Crippen LogP contribution in [0.15, 0.2) is 18.2 Å². The Morgan fingerprint density at radius 3 is 2.69 bits per heavy atom. The molecular weight excluding hydrogens is 216 g/mol. The van der Waals surface area contributed by atoms with E-state index in [1.165, 1.54) is 6.07 Å². The highest BCUT2D eigenvalue weighted by atomic mass is 19.3. The molecule has 0 saturated heterocycles. The zero-order valence-electron chi connectivity index (χ0n) is 8.99. The summed E-state index contributed by atoms with van der Waals surface area (Å²) in [7, 11) is 0. The van der Waals surface area contributed by atoms with Gasteiger partial charge < -0.3 is 15.6 Å². The molecule has 0 heterocycles. The third-order valence-electron chi connectivity index (χ3n) is 2.16. The molecule has 0 amide bonds. The fourth-order valence-corrected chi connectivity index (χ4v) is 1.43. The molecule has 0 spiro atoms. The van der Waals surface area contributed by atoms with Crippen molar-refractivity contribution in [2.45, 2.75) is 25.8 Å². The van der Waals surface area contributed by atoms with Crippen molar-refractivity contribution in [3.8, 4) is 11.5 Å². The summed E-state index contributed by atoms with van der Waals surface area (Å²) in [6, 6.07) is 3.81. The Hall–Kier alpha value is -1.36. The number of alkyl halides is 2. The molecule has 0 aliphatic heterocycles. The minimum atomic E-state index is -2.50. The summed E-state index contributed by atoms with van der Waals surface area (Å²) in [6.07, 6.45) is -2.98. The molecule has 0 saturated carbocycles. The Kier molecular flexibility index (Phi) is 4.49. The molecule has 3 nitrogen and oxygen atoms in total. The van der Waals surface area contributed by atoms with Gasteiger partial charge in [-0.1, -0.05) is 12.1 Å². The maximum atomic E-state index is 12.2. The van der Waals surface area contributed by atoms with Gasteiger partial charge in [-0.2, -0.15) is 0 Å². The number of phenolic OH excluding ortho intramolecular Hbond substituents is 1. The first-order valence-electron chi connectivity index (χ1n) is 5.04. The molecule has 3 N–H and O–H groups in total. The lowest BCUT2D eigenvalue weighted by atomic mass is 10.0. The number of rotatable bonds is 5. The molecule has 5 heteroatoms. The van der Waals surface area contributed by atoms with Crippen molar-refractivity contribution >= 4 is 0 Å². The maximum Gasteiger partial charge on any atom is 0.240 e. The van der Waals surface area contributed by atoms with E-state index < -0.39 is 18.9 Å². The number of nitrogens with two attached hydrogens (primary N) is 1. The third-order valence-corrected chi connectivity index (χ3v) is 2.16. The number of phenols is 1. The van der Waals surface area contributed by atoms with Gasteiger partial charge >= 0.3 is 0 Å². The van der Waals surface area contributed by atoms with E-state index in [4.69, 9.17) is 10.5 Å². The zero-order chi connectivity index (χ0) is 12.1. The van der Waals surface area contributed by atoms with Crippen molar-refractivity contribution in [1.29, 1.82) is 0 Å². The number of ether oxygens (including phenoxy) is 1. The summed E-state index contributed by atoms with van der Waals surface area (Å²) in [5, 5.41) is 9.75. The number of hydrogen-bond acceptors (Lipinski definition) is 3. The molecule has 0 radical (unpaired) electrons. The Labute approximate surface area is 92.8 Å². The number of hydrogen-bond donors (Lipinski definition) is 2. The molecule has 0 unspecified atom stereocenters. The van der Waals surface area contributed by atoms with Gasteiger partial charge in [0.15, 0.2) is 11.5 Å². The highest BCUT2D eigenvalue weighted by molar-refractivity contribution is 5.46. The van der Waals surface area contributed by atoms with Gasteiger partial charge in [-0.25, -0.2) is 8.78 Å². The summed E-state index contributed by atoms with van der Waals surface area (Å²) in [5.41, 5.74) is 5.85. The van der Waals surface area contributed by atoms with Gasteiger partial charge in [0.2, 0.25) is 6.43 Å². The molecule has 1 atom stereocenters. The van der Waals surface area contributed by atoms with Crippen LogP contribution in [0.3, 0.4) is 0 Å². The summed E-state index contributed by atoms with van der Waals surface area (Å²) in [5.74, 6) is 0.113. The first-order chi connectivity index (χ1) is 7.56. The lowest BCUT2D eigenvalue weighted by Gasteiger charge is -2.15. The molecule has 0 aliphatic rings. The second-order valence-corrected chi connectivity index (χ2v) is 3.36. The van der Waals surface area contributed by atoms with Gasteiger partial charge in [-0.05, 0) is 13.0 Å². The molecule has 1 aromatic carbocycles. The standard InChI is InChI=1S/C11H15F2NO2/c1-2-16-9-5-3-4-7(11(9)15)8(14)6-10(12)13/h3-5,8,10,15H,2,6,14H2,1H3/t8-/m1/s1. The highest BCUT2D eigenvalue weighted by Crippen LogP contribution is 2.34.